The van der Waals surface area contributed by atoms with E-state index in [9.17, 15) is 23.3 Å². The number of benzene rings is 3. The normalized spacial score (nSPS) is 14.6. The fraction of sp³-hybridized carbons (Fsp3) is 0.174. The van der Waals surface area contributed by atoms with Crippen molar-refractivity contribution in [2.24, 2.45) is 0 Å². The maximum atomic E-state index is 13.0. The number of non-ortho nitro benzene ring substituents is 1. The molecule has 33 heavy (non-hydrogen) atoms. The fourth-order valence-corrected chi connectivity index (χ4v) is 4.94. The van der Waals surface area contributed by atoms with Gasteiger partial charge in [0.25, 0.3) is 11.6 Å². The van der Waals surface area contributed by atoms with E-state index >= 15 is 0 Å². The average Bonchev–Trinajstić information content (AvgIpc) is 2.84. The minimum absolute atomic E-state index is 0.0151. The number of ether oxygens (including phenoxy) is 1. The number of para-hydroxylation sites is 1. The molecule has 0 spiro atoms. The van der Waals surface area contributed by atoms with Crippen molar-refractivity contribution in [3.63, 3.8) is 0 Å². The molecule has 3 aromatic carbocycles. The third-order valence-corrected chi connectivity index (χ3v) is 7.18. The van der Waals surface area contributed by atoms with Gasteiger partial charge in [0, 0.05) is 43.9 Å². The Morgan fingerprint density at radius 3 is 2.12 bits per heavy atom. The molecule has 0 unspecified atom stereocenters. The van der Waals surface area contributed by atoms with Crippen LogP contribution in [-0.2, 0) is 10.0 Å². The molecule has 3 aromatic rings. The van der Waals surface area contributed by atoms with E-state index in [1.165, 1.54) is 16.4 Å². The Bertz CT molecular complexity index is 1250. The van der Waals surface area contributed by atoms with Crippen molar-refractivity contribution in [2.45, 2.75) is 4.90 Å². The van der Waals surface area contributed by atoms with Gasteiger partial charge in [-0.1, -0.05) is 24.3 Å². The van der Waals surface area contributed by atoms with Crippen LogP contribution in [0.5, 0.6) is 11.5 Å². The number of sulfonamides is 1. The molecule has 0 N–H and O–H groups in total. The molecule has 1 heterocycles. The molecular weight excluding hydrogens is 446 g/mol. The second kappa shape index (κ2) is 9.39. The Morgan fingerprint density at radius 1 is 0.848 bits per heavy atom. The lowest BCUT2D eigenvalue weighted by atomic mass is 10.1. The molecule has 1 aliphatic heterocycles. The van der Waals surface area contributed by atoms with Crippen LogP contribution in [0.2, 0.25) is 0 Å². The van der Waals surface area contributed by atoms with Gasteiger partial charge in [0.05, 0.1) is 9.82 Å². The molecule has 0 saturated carbocycles. The first-order valence-electron chi connectivity index (χ1n) is 10.2. The van der Waals surface area contributed by atoms with Crippen molar-refractivity contribution in [3.8, 4) is 11.5 Å². The number of carbonyl (C=O) groups is 1. The van der Waals surface area contributed by atoms with Crippen LogP contribution in [0.1, 0.15) is 10.4 Å². The summed E-state index contributed by atoms with van der Waals surface area (Å²) in [6, 6.07) is 20.9. The standard InChI is InChI=1S/C23H21N3O6S/c27-23(18-5-4-8-21(17-18)32-20-6-2-1-3-7-20)24-13-15-25(16-14-24)33(30,31)22-11-9-19(10-12-22)26(28)29/h1-12,17H,13-16H2. The zero-order chi connectivity index (χ0) is 23.4. The molecule has 0 atom stereocenters. The topological polar surface area (TPSA) is 110 Å². The second-order valence-electron chi connectivity index (χ2n) is 7.39. The zero-order valence-electron chi connectivity index (χ0n) is 17.5. The molecule has 9 nitrogen and oxygen atoms in total. The van der Waals surface area contributed by atoms with E-state index in [4.69, 9.17) is 4.74 Å². The van der Waals surface area contributed by atoms with E-state index in [1.54, 1.807) is 29.2 Å². The molecule has 1 aliphatic rings. The first kappa shape index (κ1) is 22.4. The van der Waals surface area contributed by atoms with Crippen LogP contribution in [0.3, 0.4) is 0 Å². The Kier molecular flexibility index (Phi) is 6.38. The lowest BCUT2D eigenvalue weighted by Gasteiger charge is -2.34. The van der Waals surface area contributed by atoms with Gasteiger partial charge in [-0.3, -0.25) is 14.9 Å². The van der Waals surface area contributed by atoms with Gasteiger partial charge in [0.15, 0.2) is 0 Å². The van der Waals surface area contributed by atoms with Gasteiger partial charge >= 0.3 is 0 Å². The maximum Gasteiger partial charge on any atom is 0.269 e. The van der Waals surface area contributed by atoms with E-state index in [-0.39, 0.29) is 42.7 Å². The van der Waals surface area contributed by atoms with Crippen LogP contribution in [0.15, 0.2) is 83.8 Å². The second-order valence-corrected chi connectivity index (χ2v) is 9.33. The SMILES string of the molecule is O=C(c1cccc(Oc2ccccc2)c1)N1CCN(S(=O)(=O)c2ccc([N+](=O)[O-])cc2)CC1. The number of carbonyl (C=O) groups excluding carboxylic acids is 1. The van der Waals surface area contributed by atoms with Crippen molar-refractivity contribution < 1.29 is 22.9 Å². The number of piperazine rings is 1. The predicted octanol–water partition coefficient (Wildman–Crippen LogP) is 3.53. The van der Waals surface area contributed by atoms with Crippen molar-refractivity contribution in [3.05, 3.63) is 94.5 Å². The summed E-state index contributed by atoms with van der Waals surface area (Å²) >= 11 is 0. The molecule has 1 fully saturated rings. The summed E-state index contributed by atoms with van der Waals surface area (Å²) in [4.78, 5) is 24.8. The highest BCUT2D eigenvalue weighted by Crippen LogP contribution is 2.24. The number of hydrogen-bond acceptors (Lipinski definition) is 6. The van der Waals surface area contributed by atoms with Gasteiger partial charge in [0.2, 0.25) is 10.0 Å². The van der Waals surface area contributed by atoms with Crippen LogP contribution in [0.25, 0.3) is 0 Å². The van der Waals surface area contributed by atoms with E-state index < -0.39 is 14.9 Å². The molecule has 1 saturated heterocycles. The van der Waals surface area contributed by atoms with Crippen LogP contribution >= 0.6 is 0 Å². The van der Waals surface area contributed by atoms with Crippen molar-refractivity contribution >= 4 is 21.6 Å². The van der Waals surface area contributed by atoms with E-state index in [2.05, 4.69) is 0 Å². The summed E-state index contributed by atoms with van der Waals surface area (Å²) in [5.74, 6) is 0.986. The molecule has 4 rings (SSSR count). The summed E-state index contributed by atoms with van der Waals surface area (Å²) in [5.41, 5.74) is 0.276. The monoisotopic (exact) mass is 467 g/mol. The molecule has 0 radical (unpaired) electrons. The summed E-state index contributed by atoms with van der Waals surface area (Å²) in [6.07, 6.45) is 0. The highest BCUT2D eigenvalue weighted by Gasteiger charge is 2.30. The Morgan fingerprint density at radius 2 is 1.48 bits per heavy atom. The number of hydrogen-bond donors (Lipinski definition) is 0. The van der Waals surface area contributed by atoms with Gasteiger partial charge in [-0.2, -0.15) is 4.31 Å². The lowest BCUT2D eigenvalue weighted by Crippen LogP contribution is -2.50. The summed E-state index contributed by atoms with van der Waals surface area (Å²) in [6.45, 7) is 0.722. The van der Waals surface area contributed by atoms with Gasteiger partial charge in [-0.25, -0.2) is 8.42 Å². The average molecular weight is 468 g/mol. The summed E-state index contributed by atoms with van der Waals surface area (Å²) in [7, 11) is -3.81. The molecule has 0 aromatic heterocycles. The highest BCUT2D eigenvalue weighted by atomic mass is 32.2. The van der Waals surface area contributed by atoms with Gasteiger partial charge in [0.1, 0.15) is 11.5 Å². The van der Waals surface area contributed by atoms with Crippen LogP contribution in [0.4, 0.5) is 5.69 Å². The van der Waals surface area contributed by atoms with Crippen LogP contribution in [0, 0.1) is 10.1 Å². The predicted molar refractivity (Wildman–Crippen MR) is 121 cm³/mol. The molecule has 0 aliphatic carbocycles. The van der Waals surface area contributed by atoms with E-state index in [1.807, 2.05) is 30.3 Å². The molecule has 10 heteroatoms. The molecule has 1 amide bonds. The maximum absolute atomic E-state index is 13.0. The van der Waals surface area contributed by atoms with Gasteiger partial charge < -0.3 is 9.64 Å². The number of nitro benzene ring substituents is 1. The smallest absolute Gasteiger partial charge is 0.269 e. The van der Waals surface area contributed by atoms with Crippen molar-refractivity contribution in [2.75, 3.05) is 26.2 Å². The molecule has 0 bridgehead atoms. The molecule has 170 valence electrons. The van der Waals surface area contributed by atoms with Crippen LogP contribution in [-0.4, -0.2) is 54.6 Å². The third-order valence-electron chi connectivity index (χ3n) is 5.27. The lowest BCUT2D eigenvalue weighted by molar-refractivity contribution is -0.384. The van der Waals surface area contributed by atoms with Crippen molar-refractivity contribution in [1.29, 1.82) is 0 Å². The summed E-state index contributed by atoms with van der Waals surface area (Å²) in [5, 5.41) is 10.8. The Labute approximate surface area is 191 Å². The first-order chi connectivity index (χ1) is 15.8. The number of rotatable bonds is 6. The van der Waals surface area contributed by atoms with Crippen LogP contribution < -0.4 is 4.74 Å². The number of nitrogens with zero attached hydrogens (tertiary/aromatic N) is 3. The van der Waals surface area contributed by atoms with E-state index in [0.717, 1.165) is 12.1 Å². The van der Waals surface area contributed by atoms with Crippen molar-refractivity contribution in [1.82, 2.24) is 9.21 Å². The Balaban J connectivity index is 1.41. The molecular formula is C23H21N3O6S. The summed E-state index contributed by atoms with van der Waals surface area (Å²) < 4.78 is 32.8. The van der Waals surface area contributed by atoms with Gasteiger partial charge in [-0.15, -0.1) is 0 Å². The van der Waals surface area contributed by atoms with E-state index in [0.29, 0.717) is 17.1 Å². The largest absolute Gasteiger partial charge is 0.457 e. The quantitative estimate of drug-likeness (QED) is 0.405. The third kappa shape index (κ3) is 5.02. The number of amides is 1. The fourth-order valence-electron chi connectivity index (χ4n) is 3.52. The highest BCUT2D eigenvalue weighted by molar-refractivity contribution is 7.89. The minimum atomic E-state index is -3.81. The number of nitro groups is 1. The Hall–Kier alpha value is -3.76. The zero-order valence-corrected chi connectivity index (χ0v) is 18.3. The minimum Gasteiger partial charge on any atom is -0.457 e. The first-order valence-corrected chi connectivity index (χ1v) is 11.7. The van der Waals surface area contributed by atoms with Gasteiger partial charge in [-0.05, 0) is 42.5 Å².